The largest absolute Gasteiger partial charge is 0.372 e. The first-order valence-corrected chi connectivity index (χ1v) is 12.3. The zero-order valence-corrected chi connectivity index (χ0v) is 19.4. The van der Waals surface area contributed by atoms with Crippen LogP contribution < -0.4 is 15.7 Å². The maximum absolute atomic E-state index is 14.6. The highest BCUT2D eigenvalue weighted by Crippen LogP contribution is 2.44. The van der Waals surface area contributed by atoms with E-state index >= 15 is 0 Å². The molecule has 1 N–H and O–H groups in total. The van der Waals surface area contributed by atoms with Crippen LogP contribution in [-0.2, 0) is 4.57 Å². The molecule has 0 fully saturated rings. The van der Waals surface area contributed by atoms with Crippen molar-refractivity contribution in [1.82, 2.24) is 9.99 Å². The van der Waals surface area contributed by atoms with Crippen LogP contribution in [0.1, 0.15) is 24.9 Å². The fraction of sp³-hybridized carbons (Fsp3) is 0.240. The molecular formula is C25H29N2OPS. The van der Waals surface area contributed by atoms with Crippen LogP contribution in [0.25, 0.3) is 0 Å². The Morgan fingerprint density at radius 1 is 0.867 bits per heavy atom. The first kappa shape index (κ1) is 22.4. The molecule has 0 aliphatic heterocycles. The van der Waals surface area contributed by atoms with Gasteiger partial charge >= 0.3 is 0 Å². The van der Waals surface area contributed by atoms with Gasteiger partial charge in [0.15, 0.2) is 0 Å². The molecule has 3 aromatic carbocycles. The van der Waals surface area contributed by atoms with Gasteiger partial charge in [-0.3, -0.25) is 9.65 Å². The zero-order chi connectivity index (χ0) is 21.6. The summed E-state index contributed by atoms with van der Waals surface area (Å²) >= 11 is 5.79. The normalized spacial score (nSPS) is 13.4. The maximum atomic E-state index is 14.6. The number of hydrogen-bond acceptors (Lipinski definition) is 2. The Kier molecular flexibility index (Phi) is 7.60. The van der Waals surface area contributed by atoms with E-state index in [1.54, 1.807) is 0 Å². The molecular weight excluding hydrogens is 407 g/mol. The summed E-state index contributed by atoms with van der Waals surface area (Å²) in [6.45, 7) is 2.13. The Labute approximate surface area is 185 Å². The van der Waals surface area contributed by atoms with Gasteiger partial charge in [-0.15, -0.1) is 0 Å². The number of rotatable bonds is 8. The van der Waals surface area contributed by atoms with E-state index in [9.17, 15) is 4.57 Å². The van der Waals surface area contributed by atoms with Crippen molar-refractivity contribution >= 4 is 35.1 Å². The van der Waals surface area contributed by atoms with Gasteiger partial charge in [0.05, 0.1) is 4.99 Å². The van der Waals surface area contributed by atoms with Gasteiger partial charge in [0.25, 0.3) is 0 Å². The summed E-state index contributed by atoms with van der Waals surface area (Å²) in [5.41, 5.74) is 1.08. The molecule has 3 nitrogen and oxygen atoms in total. The minimum Gasteiger partial charge on any atom is -0.372 e. The third-order valence-corrected chi connectivity index (χ3v) is 8.68. The second-order valence-electron chi connectivity index (χ2n) is 7.55. The van der Waals surface area contributed by atoms with Crippen LogP contribution in [0.5, 0.6) is 0 Å². The van der Waals surface area contributed by atoms with Crippen molar-refractivity contribution in [1.29, 1.82) is 0 Å². The summed E-state index contributed by atoms with van der Waals surface area (Å²) in [5, 5.41) is 5.20. The van der Waals surface area contributed by atoms with Crippen LogP contribution in [0.2, 0.25) is 0 Å². The average molecular weight is 437 g/mol. The van der Waals surface area contributed by atoms with E-state index in [1.165, 1.54) is 0 Å². The van der Waals surface area contributed by atoms with E-state index < -0.39 is 7.29 Å². The highest BCUT2D eigenvalue weighted by molar-refractivity contribution is 7.80. The number of benzene rings is 3. The molecule has 0 aliphatic carbocycles. The second-order valence-corrected chi connectivity index (χ2v) is 10.5. The third-order valence-electron chi connectivity index (χ3n) is 5.32. The molecule has 3 rings (SSSR count). The smallest absolute Gasteiger partial charge is 0.205 e. The number of nitrogens with zero attached hydrogens (tertiary/aromatic N) is 1. The van der Waals surface area contributed by atoms with Gasteiger partial charge in [-0.1, -0.05) is 85.9 Å². The van der Waals surface area contributed by atoms with E-state index in [4.69, 9.17) is 12.2 Å². The van der Waals surface area contributed by atoms with Crippen molar-refractivity contribution in [3.8, 4) is 0 Å². The fourth-order valence-corrected chi connectivity index (χ4v) is 6.52. The first-order valence-electron chi connectivity index (χ1n) is 10.2. The molecule has 3 aromatic rings. The Morgan fingerprint density at radius 2 is 1.30 bits per heavy atom. The monoisotopic (exact) mass is 436 g/mol. The molecule has 0 heterocycles. The van der Waals surface area contributed by atoms with E-state index in [2.05, 4.69) is 24.1 Å². The summed E-state index contributed by atoms with van der Waals surface area (Å²) in [4.78, 5) is 2.84. The third kappa shape index (κ3) is 4.89. The fourth-order valence-electron chi connectivity index (χ4n) is 3.71. The lowest BCUT2D eigenvalue weighted by Gasteiger charge is -2.34. The van der Waals surface area contributed by atoms with Gasteiger partial charge in [0.2, 0.25) is 7.29 Å². The molecule has 0 amide bonds. The topological polar surface area (TPSA) is 32.3 Å². The molecule has 0 aliphatic rings. The van der Waals surface area contributed by atoms with Crippen LogP contribution in [0.15, 0.2) is 91.0 Å². The first-order chi connectivity index (χ1) is 14.5. The Morgan fingerprint density at radius 3 is 1.70 bits per heavy atom. The lowest BCUT2D eigenvalue weighted by atomic mass is 9.91. The van der Waals surface area contributed by atoms with Crippen LogP contribution in [0, 0.1) is 5.92 Å². The maximum Gasteiger partial charge on any atom is 0.205 e. The predicted octanol–water partition coefficient (Wildman–Crippen LogP) is 5.16. The zero-order valence-electron chi connectivity index (χ0n) is 17.7. The molecule has 0 radical (unpaired) electrons. The predicted molar refractivity (Wildman–Crippen MR) is 132 cm³/mol. The summed E-state index contributed by atoms with van der Waals surface area (Å²) in [7, 11) is 0.836. The lowest BCUT2D eigenvalue weighted by Crippen LogP contribution is -2.39. The van der Waals surface area contributed by atoms with Crippen molar-refractivity contribution in [2.24, 2.45) is 5.92 Å². The molecule has 0 saturated carbocycles. The summed E-state index contributed by atoms with van der Waals surface area (Å²) < 4.78 is 14.6. The van der Waals surface area contributed by atoms with Gasteiger partial charge in [0.1, 0.15) is 0 Å². The van der Waals surface area contributed by atoms with Gasteiger partial charge in [-0.2, -0.15) is 0 Å². The number of nitrogens with one attached hydrogen (secondary N) is 1. The molecule has 0 spiro atoms. The highest BCUT2D eigenvalue weighted by Gasteiger charge is 2.35. The molecule has 0 unspecified atom stereocenters. The lowest BCUT2D eigenvalue weighted by molar-refractivity contribution is 0.452. The van der Waals surface area contributed by atoms with Crippen molar-refractivity contribution in [2.45, 2.75) is 19.4 Å². The van der Waals surface area contributed by atoms with Crippen LogP contribution in [0.4, 0.5) is 0 Å². The molecule has 0 saturated heterocycles. The number of hydrogen-bond donors (Lipinski definition) is 1. The molecule has 5 heteroatoms. The molecule has 156 valence electrons. The Bertz CT molecular complexity index is 950. The number of thiocarbonyl (C=S) groups is 1. The van der Waals surface area contributed by atoms with E-state index in [0.717, 1.165) is 27.6 Å². The molecule has 30 heavy (non-hydrogen) atoms. The van der Waals surface area contributed by atoms with Crippen molar-refractivity contribution in [2.75, 3.05) is 14.1 Å². The Hall–Kier alpha value is -2.26. The quantitative estimate of drug-likeness (QED) is 0.390. The van der Waals surface area contributed by atoms with E-state index in [0.29, 0.717) is 0 Å². The van der Waals surface area contributed by atoms with Gasteiger partial charge in [-0.05, 0) is 36.2 Å². The summed E-state index contributed by atoms with van der Waals surface area (Å²) in [6, 6.07) is 29.4. The average Bonchev–Trinajstić information content (AvgIpc) is 2.80. The Balaban J connectivity index is 2.14. The van der Waals surface area contributed by atoms with Crippen LogP contribution >= 0.6 is 19.5 Å². The minimum absolute atomic E-state index is 0.0261. The van der Waals surface area contributed by atoms with E-state index in [1.807, 2.05) is 97.9 Å². The summed E-state index contributed by atoms with van der Waals surface area (Å²) in [6.07, 6.45) is 0.840. The van der Waals surface area contributed by atoms with Crippen molar-refractivity contribution in [3.63, 3.8) is 0 Å². The van der Waals surface area contributed by atoms with Gasteiger partial charge in [0, 0.05) is 36.7 Å². The molecule has 0 bridgehead atoms. The standard InChI is InChI=1S/C25H29N2OPS/c1-4-23(25(30)27(2)3)24(20-14-8-5-9-15-20)26-29(28,21-16-10-6-11-17-21)22-18-12-7-13-19-22/h5-19,23-24H,4H2,1-3H3,(H,26,28)/t23-,24-/m0/s1. The highest BCUT2D eigenvalue weighted by atomic mass is 32.1. The van der Waals surface area contributed by atoms with Crippen molar-refractivity contribution in [3.05, 3.63) is 96.6 Å². The SMILES string of the molecule is CC[C@H](C(=S)N(C)C)[C@@H](NP(=O)(c1ccccc1)c1ccccc1)c1ccccc1. The molecule has 2 atom stereocenters. The van der Waals surface area contributed by atoms with E-state index in [-0.39, 0.29) is 12.0 Å². The van der Waals surface area contributed by atoms with Crippen LogP contribution in [0.3, 0.4) is 0 Å². The second kappa shape index (κ2) is 10.2. The minimum atomic E-state index is -3.11. The van der Waals surface area contributed by atoms with Gasteiger partial charge < -0.3 is 4.90 Å². The molecule has 0 aromatic heterocycles. The van der Waals surface area contributed by atoms with Crippen molar-refractivity contribution < 1.29 is 4.57 Å². The van der Waals surface area contributed by atoms with Gasteiger partial charge in [-0.25, -0.2) is 0 Å². The van der Waals surface area contributed by atoms with Crippen LogP contribution in [-0.4, -0.2) is 24.0 Å². The summed E-state index contributed by atoms with van der Waals surface area (Å²) in [5.74, 6) is 0.0261.